The van der Waals surface area contributed by atoms with Crippen LogP contribution < -0.4 is 27.8 Å². The molecule has 0 aromatic rings. The summed E-state index contributed by atoms with van der Waals surface area (Å²) in [7, 11) is -11.4. The van der Waals surface area contributed by atoms with E-state index in [2.05, 4.69) is 0 Å². The number of aliphatic carboxylic acids is 5. The van der Waals surface area contributed by atoms with E-state index in [1.165, 1.54) is 6.92 Å². The minimum Gasteiger partial charge on any atom is -0.567 e. The van der Waals surface area contributed by atoms with Crippen molar-refractivity contribution in [3.05, 3.63) is 0 Å². The van der Waals surface area contributed by atoms with Gasteiger partial charge in [0.15, 0.2) is 0 Å². The first-order valence-electron chi connectivity index (χ1n) is 16.7. The third-order valence-corrected chi connectivity index (χ3v) is 12.6. The molecule has 56 heavy (non-hydrogen) atoms. The first kappa shape index (κ1) is 60.0. The quantitative estimate of drug-likeness (QED) is 0.0443. The Bertz CT molecular complexity index is 1330. The standard InChI is InChI=1S/C9H16NO7P.C9H20NO5P.C9H15NO5.C2H7N.HO3P/c1-9(10,8(14)15)18(16,6-11)17-5-3-2-4-7(12)13;1-7(5-3-4-6-8(11)12)9(2,10)16(13,14)15;1-8(10,7(13)14)9(15)4-2-3-5(9)6(11)12;1-2-3;1-4(2)3/h6,16H,2-5,10H2,1H3,(H-,12,13,14,15);7H,3-6,10H2,1-2H3,(H,11,12)(H2,13,14,15);5,15H,2-4,10H2,1H3,(H,11,12)(H,13,14);2-3H2,1H3;(H,1,2,3)/p+1. The van der Waals surface area contributed by atoms with Gasteiger partial charge in [0.2, 0.25) is 0 Å². The normalized spacial score (nSPS) is 21.1. The largest absolute Gasteiger partial charge is 0.567 e. The van der Waals surface area contributed by atoms with Crippen LogP contribution in [0.5, 0.6) is 0 Å². The van der Waals surface area contributed by atoms with Crippen molar-refractivity contribution in [2.45, 2.75) is 121 Å². The van der Waals surface area contributed by atoms with E-state index in [0.717, 1.165) is 20.4 Å². The fourth-order valence-electron chi connectivity index (χ4n) is 4.42. The van der Waals surface area contributed by atoms with Gasteiger partial charge >= 0.3 is 59.4 Å². The number of unbranched alkanes of at least 4 members (excludes halogenated alkanes) is 2. The highest BCUT2D eigenvalue weighted by Gasteiger charge is 2.62. The van der Waals surface area contributed by atoms with Gasteiger partial charge in [-0.1, -0.05) is 20.3 Å². The number of carbonyl (C=O) groups is 6. The van der Waals surface area contributed by atoms with E-state index in [0.29, 0.717) is 32.1 Å². The van der Waals surface area contributed by atoms with E-state index in [4.69, 9.17) is 77.1 Å². The third kappa shape index (κ3) is 21.2. The van der Waals surface area contributed by atoms with Crippen LogP contribution in [0, 0.1) is 11.8 Å². The van der Waals surface area contributed by atoms with Gasteiger partial charge in [0.1, 0.15) is 16.4 Å². The zero-order valence-electron chi connectivity index (χ0n) is 31.9. The molecule has 0 radical (unpaired) electrons. The Kier molecular flexibility index (Phi) is 29.1. The van der Waals surface area contributed by atoms with Crippen LogP contribution in [0.2, 0.25) is 0 Å². The summed E-state index contributed by atoms with van der Waals surface area (Å²) in [4.78, 5) is 107. The molecule has 0 spiro atoms. The zero-order chi connectivity index (χ0) is 45.5. The summed E-state index contributed by atoms with van der Waals surface area (Å²) in [5, 5.41) is 49.8. The summed E-state index contributed by atoms with van der Waals surface area (Å²) < 4.78 is 24.6. The van der Waals surface area contributed by atoms with Gasteiger partial charge in [-0.3, -0.25) is 34.3 Å². The molecule has 0 bridgehead atoms. The molecule has 0 aliphatic heterocycles. The lowest BCUT2D eigenvalue weighted by Gasteiger charge is -2.39. The molecule has 1 fully saturated rings. The molecule has 1 aliphatic carbocycles. The van der Waals surface area contributed by atoms with E-state index in [-0.39, 0.29) is 50.7 Å². The molecule has 8 unspecified atom stereocenters. The maximum Gasteiger partial charge on any atom is 0.485 e. The van der Waals surface area contributed by atoms with E-state index >= 15 is 0 Å². The lowest BCUT2D eigenvalue weighted by molar-refractivity contribution is -0.180. The Morgan fingerprint density at radius 1 is 0.964 bits per heavy atom. The van der Waals surface area contributed by atoms with Crippen LogP contribution in [0.1, 0.15) is 98.8 Å². The molecule has 1 rings (SSSR count). The summed E-state index contributed by atoms with van der Waals surface area (Å²) >= 11 is 0. The third-order valence-electron chi connectivity index (χ3n) is 8.49. The fraction of sp³-hybridized carbons (Fsp3) is 0.793. The maximum absolute atomic E-state index is 11.1. The summed E-state index contributed by atoms with van der Waals surface area (Å²) in [5.74, 6) is -7.43. The van der Waals surface area contributed by atoms with E-state index in [1.54, 1.807) is 6.92 Å². The lowest BCUT2D eigenvalue weighted by atomic mass is 9.74. The molecule has 330 valence electrons. The number of carbonyl (C=O) groups excluding carboxylic acids is 1. The second kappa shape index (κ2) is 27.1. The lowest BCUT2D eigenvalue weighted by Crippen LogP contribution is -2.66. The van der Waals surface area contributed by atoms with Crippen molar-refractivity contribution in [1.82, 2.24) is 0 Å². The van der Waals surface area contributed by atoms with Crippen molar-refractivity contribution < 1.29 is 97.5 Å². The first-order valence-corrected chi connectivity index (χ1v) is 21.1. The molecule has 0 aromatic heterocycles. The number of rotatable bonds is 19. The van der Waals surface area contributed by atoms with Gasteiger partial charge in [-0.2, -0.15) is 9.42 Å². The van der Waals surface area contributed by atoms with Crippen molar-refractivity contribution in [2.75, 3.05) is 13.2 Å². The van der Waals surface area contributed by atoms with E-state index in [1.807, 2.05) is 6.92 Å². The summed E-state index contributed by atoms with van der Waals surface area (Å²) in [6.45, 7) is 7.66. The van der Waals surface area contributed by atoms with Crippen LogP contribution >= 0.6 is 23.6 Å². The van der Waals surface area contributed by atoms with E-state index in [9.17, 15) is 43.3 Å². The highest BCUT2D eigenvalue weighted by molar-refractivity contribution is 7.81. The molecule has 0 heterocycles. The smallest absolute Gasteiger partial charge is 0.485 e. The first-order chi connectivity index (χ1) is 25.1. The molecular formula is C29H60N4O20P3+. The minimum absolute atomic E-state index is 0.0261. The number of hydrogen-bond acceptors (Lipinski definition) is 16. The van der Waals surface area contributed by atoms with Crippen molar-refractivity contribution in [2.24, 2.45) is 34.8 Å². The predicted molar refractivity (Wildman–Crippen MR) is 198 cm³/mol. The zero-order valence-corrected chi connectivity index (χ0v) is 34.6. The van der Waals surface area contributed by atoms with Crippen molar-refractivity contribution in [3.8, 4) is 0 Å². The number of aliphatic hydroxyl groups is 1. The topological polar surface area (TPSA) is 475 Å². The molecule has 24 nitrogen and oxygen atoms in total. The van der Waals surface area contributed by atoms with Crippen LogP contribution in [0.3, 0.4) is 0 Å². The van der Waals surface area contributed by atoms with Gasteiger partial charge in [-0.15, -0.1) is 0 Å². The van der Waals surface area contributed by atoms with Crippen LogP contribution in [-0.4, -0.2) is 121 Å². The van der Waals surface area contributed by atoms with Crippen LogP contribution in [0.25, 0.3) is 0 Å². The van der Waals surface area contributed by atoms with Gasteiger partial charge in [0.05, 0.1) is 12.5 Å². The Hall–Kier alpha value is -2.66. The van der Waals surface area contributed by atoms with E-state index < -0.39 is 81.0 Å². The number of carboxylic acids is 5. The summed E-state index contributed by atoms with van der Waals surface area (Å²) in [6, 6.07) is 0.0261. The van der Waals surface area contributed by atoms with Gasteiger partial charge in [-0.25, -0.2) is 9.69 Å². The van der Waals surface area contributed by atoms with Crippen LogP contribution in [0.4, 0.5) is 0 Å². The van der Waals surface area contributed by atoms with Crippen molar-refractivity contribution in [3.63, 3.8) is 0 Å². The van der Waals surface area contributed by atoms with Crippen molar-refractivity contribution >= 4 is 59.4 Å². The molecule has 0 saturated heterocycles. The molecule has 1 aliphatic rings. The Morgan fingerprint density at radius 3 is 1.70 bits per heavy atom. The second-order valence-electron chi connectivity index (χ2n) is 13.0. The summed E-state index contributed by atoms with van der Waals surface area (Å²) in [6.07, 6.45) is 3.00. The fourth-order valence-corrected chi connectivity index (χ4v) is 6.36. The Labute approximate surface area is 325 Å². The monoisotopic (exact) mass is 877 g/mol. The molecule has 8 atom stereocenters. The van der Waals surface area contributed by atoms with Gasteiger partial charge in [-0.05, 0) is 75.8 Å². The molecular weight excluding hydrogens is 817 g/mol. The molecule has 18 N–H and O–H groups in total. The number of carboxylic acid groups (broad SMARTS) is 5. The predicted octanol–water partition coefficient (Wildman–Crippen LogP) is -0.467. The molecule has 0 aromatic carbocycles. The summed E-state index contributed by atoms with van der Waals surface area (Å²) in [5.41, 5.74) is 17.5. The highest BCUT2D eigenvalue weighted by atomic mass is 31.2. The average Bonchev–Trinajstić information content (AvgIpc) is 3.46. The molecule has 1 saturated carbocycles. The van der Waals surface area contributed by atoms with Crippen LogP contribution in [0.15, 0.2) is 0 Å². The van der Waals surface area contributed by atoms with Gasteiger partial charge < -0.3 is 62.5 Å². The van der Waals surface area contributed by atoms with Gasteiger partial charge in [0, 0.05) is 19.8 Å². The Balaban J connectivity index is -0.000000334. The second-order valence-corrected chi connectivity index (χ2v) is 18.2. The number of nitrogens with two attached hydrogens (primary N) is 4. The minimum atomic E-state index is -4.33. The Morgan fingerprint density at radius 2 is 1.38 bits per heavy atom. The molecule has 0 amide bonds. The molecule has 27 heteroatoms. The number of hydrogen-bond donors (Lipinski definition) is 14. The highest BCUT2D eigenvalue weighted by Crippen LogP contribution is 2.61. The average molecular weight is 878 g/mol. The van der Waals surface area contributed by atoms with Crippen molar-refractivity contribution in [1.29, 1.82) is 0 Å². The van der Waals surface area contributed by atoms with Gasteiger partial charge in [0.25, 0.3) is 5.28 Å². The maximum atomic E-state index is 11.1. The van der Waals surface area contributed by atoms with Crippen LogP contribution in [-0.2, 0) is 42.4 Å². The SMILES string of the molecule is CC(CCCCC(=O)O)C(C)(N)P(=O)(O)O.CC(N)(C(=O)O)C1(O)CCCC1C(=O)O.CC(N)(C(=O)O)[P+](O)(C=O)OCCCCC(=O)O.CCN.O=[P+]([O-])O.